The van der Waals surface area contributed by atoms with Crippen LogP contribution in [-0.2, 0) is 16.1 Å². The van der Waals surface area contributed by atoms with E-state index >= 15 is 0 Å². The Morgan fingerprint density at radius 1 is 1.25 bits per heavy atom. The van der Waals surface area contributed by atoms with Crippen LogP contribution in [0.25, 0.3) is 0 Å². The second-order valence-corrected chi connectivity index (χ2v) is 8.68. The van der Waals surface area contributed by atoms with Crippen molar-refractivity contribution in [1.82, 2.24) is 20.1 Å². The van der Waals surface area contributed by atoms with Gasteiger partial charge in [0.2, 0.25) is 11.8 Å². The smallest absolute Gasteiger partial charge is 0.242 e. The van der Waals surface area contributed by atoms with Gasteiger partial charge in [-0.3, -0.25) is 24.4 Å². The Kier molecular flexibility index (Phi) is 6.67. The van der Waals surface area contributed by atoms with Crippen molar-refractivity contribution in [2.45, 2.75) is 57.7 Å². The molecule has 1 aromatic rings. The average Bonchev–Trinajstić information content (AvgIpc) is 2.69. The van der Waals surface area contributed by atoms with Gasteiger partial charge in [0.05, 0.1) is 5.92 Å². The van der Waals surface area contributed by atoms with Gasteiger partial charge in [0, 0.05) is 31.5 Å². The van der Waals surface area contributed by atoms with Gasteiger partial charge in [0.25, 0.3) is 0 Å². The van der Waals surface area contributed by atoms with Crippen LogP contribution in [-0.4, -0.2) is 64.4 Å². The number of aromatic nitrogens is 1. The summed E-state index contributed by atoms with van der Waals surface area (Å²) < 4.78 is 0. The SMILES string of the molecule is CC(C)(NC(=O)[C@@H]1CCCN(C2CCN(Cc3cccnc3)CC2)C1)C(N)=O. The number of piperidine rings is 2. The van der Waals surface area contributed by atoms with Gasteiger partial charge in [-0.15, -0.1) is 0 Å². The van der Waals surface area contributed by atoms with Crippen LogP contribution in [0.5, 0.6) is 0 Å². The Morgan fingerprint density at radius 3 is 2.64 bits per heavy atom. The van der Waals surface area contributed by atoms with Gasteiger partial charge < -0.3 is 11.1 Å². The van der Waals surface area contributed by atoms with Gasteiger partial charge in [-0.25, -0.2) is 0 Å². The molecule has 3 rings (SSSR count). The zero-order valence-corrected chi connectivity index (χ0v) is 17.1. The summed E-state index contributed by atoms with van der Waals surface area (Å²) in [6.45, 7) is 8.23. The molecule has 2 aliphatic rings. The normalized spacial score (nSPS) is 22.7. The predicted molar refractivity (Wildman–Crippen MR) is 108 cm³/mol. The Balaban J connectivity index is 1.48. The molecule has 0 saturated carbocycles. The fraction of sp³-hybridized carbons (Fsp3) is 0.667. The molecule has 0 bridgehead atoms. The number of pyridine rings is 1. The highest BCUT2D eigenvalue weighted by atomic mass is 16.2. The summed E-state index contributed by atoms with van der Waals surface area (Å²) in [6.07, 6.45) is 7.89. The summed E-state index contributed by atoms with van der Waals surface area (Å²) in [7, 11) is 0. The second-order valence-electron chi connectivity index (χ2n) is 8.68. The maximum absolute atomic E-state index is 12.6. The topological polar surface area (TPSA) is 91.6 Å². The molecule has 7 heteroatoms. The van der Waals surface area contributed by atoms with E-state index in [0.717, 1.165) is 58.4 Å². The van der Waals surface area contributed by atoms with Crippen molar-refractivity contribution in [2.24, 2.45) is 11.7 Å². The predicted octanol–water partition coefficient (Wildman–Crippen LogP) is 1.14. The molecule has 3 heterocycles. The molecule has 28 heavy (non-hydrogen) atoms. The standard InChI is InChI=1S/C21H33N5O2/c1-21(2,20(22)28)24-19(27)17-6-4-10-26(15-17)18-7-11-25(12-8-18)14-16-5-3-9-23-13-16/h3,5,9,13,17-18H,4,6-8,10-12,14-15H2,1-2H3,(H2,22,28)(H,24,27)/t17-/m1/s1. The Morgan fingerprint density at radius 2 is 2.00 bits per heavy atom. The molecule has 0 aromatic carbocycles. The number of carbonyl (C=O) groups excluding carboxylic acids is 2. The molecule has 2 amide bonds. The first-order chi connectivity index (χ1) is 13.3. The second kappa shape index (κ2) is 9.01. The van der Waals surface area contributed by atoms with Crippen molar-refractivity contribution in [3.63, 3.8) is 0 Å². The van der Waals surface area contributed by atoms with Crippen molar-refractivity contribution < 1.29 is 9.59 Å². The Labute approximate surface area is 167 Å². The Hall–Kier alpha value is -1.99. The number of likely N-dealkylation sites (tertiary alicyclic amines) is 2. The summed E-state index contributed by atoms with van der Waals surface area (Å²) >= 11 is 0. The summed E-state index contributed by atoms with van der Waals surface area (Å²) in [4.78, 5) is 33.3. The quantitative estimate of drug-likeness (QED) is 0.764. The number of hydrogen-bond donors (Lipinski definition) is 2. The van der Waals surface area contributed by atoms with Crippen LogP contribution in [0.3, 0.4) is 0 Å². The van der Waals surface area contributed by atoms with Crippen molar-refractivity contribution in [2.75, 3.05) is 26.2 Å². The zero-order valence-electron chi connectivity index (χ0n) is 17.1. The molecule has 2 aliphatic heterocycles. The van der Waals surface area contributed by atoms with Gasteiger partial charge in [0.15, 0.2) is 0 Å². The maximum atomic E-state index is 12.6. The summed E-state index contributed by atoms with van der Waals surface area (Å²) in [5.74, 6) is -0.627. The minimum absolute atomic E-state index is 0.0532. The van der Waals surface area contributed by atoms with Crippen molar-refractivity contribution in [1.29, 1.82) is 0 Å². The lowest BCUT2D eigenvalue weighted by atomic mass is 9.92. The van der Waals surface area contributed by atoms with E-state index in [9.17, 15) is 9.59 Å². The van der Waals surface area contributed by atoms with E-state index in [2.05, 4.69) is 26.2 Å². The third-order valence-electron chi connectivity index (χ3n) is 6.08. The minimum Gasteiger partial charge on any atom is -0.368 e. The first-order valence-electron chi connectivity index (χ1n) is 10.3. The molecule has 0 unspecified atom stereocenters. The lowest BCUT2D eigenvalue weighted by Gasteiger charge is -2.42. The van der Waals surface area contributed by atoms with E-state index in [1.54, 1.807) is 13.8 Å². The number of nitrogens with one attached hydrogen (secondary N) is 1. The van der Waals surface area contributed by atoms with Crippen LogP contribution < -0.4 is 11.1 Å². The van der Waals surface area contributed by atoms with Crippen LogP contribution in [0.4, 0.5) is 0 Å². The number of primary amides is 1. The van der Waals surface area contributed by atoms with Crippen LogP contribution in [0.1, 0.15) is 45.1 Å². The minimum atomic E-state index is -1.00. The molecule has 2 fully saturated rings. The zero-order chi connectivity index (χ0) is 20.1. The fourth-order valence-electron chi connectivity index (χ4n) is 4.22. The highest BCUT2D eigenvalue weighted by molar-refractivity contribution is 5.90. The van der Waals surface area contributed by atoms with Gasteiger partial charge in [0.1, 0.15) is 5.54 Å². The summed E-state index contributed by atoms with van der Waals surface area (Å²) in [5.41, 5.74) is 5.64. The highest BCUT2D eigenvalue weighted by Crippen LogP contribution is 2.25. The lowest BCUT2D eigenvalue weighted by Crippen LogP contribution is -2.57. The maximum Gasteiger partial charge on any atom is 0.242 e. The number of carbonyl (C=O) groups is 2. The molecule has 0 spiro atoms. The number of rotatable bonds is 6. The van der Waals surface area contributed by atoms with Crippen molar-refractivity contribution in [3.05, 3.63) is 30.1 Å². The van der Waals surface area contributed by atoms with E-state index < -0.39 is 11.4 Å². The van der Waals surface area contributed by atoms with Gasteiger partial charge in [-0.2, -0.15) is 0 Å². The van der Waals surface area contributed by atoms with E-state index in [4.69, 9.17) is 5.73 Å². The molecule has 0 radical (unpaired) electrons. The van der Waals surface area contributed by atoms with Gasteiger partial charge >= 0.3 is 0 Å². The van der Waals surface area contributed by atoms with Gasteiger partial charge in [-0.05, 0) is 70.8 Å². The Bertz CT molecular complexity index is 671. The van der Waals surface area contributed by atoms with Gasteiger partial charge in [-0.1, -0.05) is 6.07 Å². The molecular formula is C21H33N5O2. The third-order valence-corrected chi connectivity index (χ3v) is 6.08. The van der Waals surface area contributed by atoms with Crippen LogP contribution in [0.15, 0.2) is 24.5 Å². The van der Waals surface area contributed by atoms with E-state index in [-0.39, 0.29) is 11.8 Å². The molecule has 2 saturated heterocycles. The molecule has 7 nitrogen and oxygen atoms in total. The molecular weight excluding hydrogens is 354 g/mol. The lowest BCUT2D eigenvalue weighted by molar-refractivity contribution is -0.134. The largest absolute Gasteiger partial charge is 0.368 e. The molecule has 3 N–H and O–H groups in total. The first-order valence-corrected chi connectivity index (χ1v) is 10.3. The van der Waals surface area contributed by atoms with Crippen LogP contribution >= 0.6 is 0 Å². The van der Waals surface area contributed by atoms with Crippen molar-refractivity contribution in [3.8, 4) is 0 Å². The molecule has 1 aromatic heterocycles. The van der Waals surface area contributed by atoms with Crippen LogP contribution in [0.2, 0.25) is 0 Å². The van der Waals surface area contributed by atoms with E-state index in [1.807, 2.05) is 18.5 Å². The number of amides is 2. The molecule has 154 valence electrons. The van der Waals surface area contributed by atoms with E-state index in [1.165, 1.54) is 5.56 Å². The first kappa shape index (κ1) is 20.7. The molecule has 1 atom stereocenters. The fourth-order valence-corrected chi connectivity index (χ4v) is 4.22. The third kappa shape index (κ3) is 5.29. The molecule has 0 aliphatic carbocycles. The van der Waals surface area contributed by atoms with Crippen LogP contribution in [0, 0.1) is 5.92 Å². The summed E-state index contributed by atoms with van der Waals surface area (Å²) in [6, 6.07) is 4.64. The van der Waals surface area contributed by atoms with E-state index in [0.29, 0.717) is 6.04 Å². The monoisotopic (exact) mass is 387 g/mol. The highest BCUT2D eigenvalue weighted by Gasteiger charge is 2.35. The van der Waals surface area contributed by atoms with Crippen molar-refractivity contribution >= 4 is 11.8 Å². The summed E-state index contributed by atoms with van der Waals surface area (Å²) in [5, 5.41) is 2.83. The average molecular weight is 388 g/mol. The number of nitrogens with two attached hydrogens (primary N) is 1. The number of hydrogen-bond acceptors (Lipinski definition) is 5. The number of nitrogens with zero attached hydrogens (tertiary/aromatic N) is 3.